The third kappa shape index (κ3) is 2.54. The third-order valence-electron chi connectivity index (χ3n) is 4.57. The summed E-state index contributed by atoms with van der Waals surface area (Å²) < 4.78 is 3.28. The van der Waals surface area contributed by atoms with Gasteiger partial charge in [0.2, 0.25) is 0 Å². The van der Waals surface area contributed by atoms with Crippen molar-refractivity contribution >= 4 is 22.3 Å². The maximum atomic E-state index is 12.4. The smallest absolute Gasteiger partial charge is 0.261 e. The molecule has 1 fully saturated rings. The minimum atomic E-state index is -0.0433. The molecule has 24 heavy (non-hydrogen) atoms. The van der Waals surface area contributed by atoms with Crippen molar-refractivity contribution in [1.29, 1.82) is 0 Å². The van der Waals surface area contributed by atoms with Gasteiger partial charge in [-0.1, -0.05) is 0 Å². The predicted molar refractivity (Wildman–Crippen MR) is 97.0 cm³/mol. The van der Waals surface area contributed by atoms with Crippen LogP contribution in [-0.4, -0.2) is 20.9 Å². The summed E-state index contributed by atoms with van der Waals surface area (Å²) in [6.07, 6.45) is 6.20. The number of aryl methyl sites for hydroxylation is 2. The number of benzene rings is 1. The highest BCUT2D eigenvalue weighted by Crippen LogP contribution is 2.35. The molecule has 0 unspecified atom stereocenters. The second-order valence-electron chi connectivity index (χ2n) is 6.65. The van der Waals surface area contributed by atoms with Crippen LogP contribution in [0.2, 0.25) is 0 Å². The zero-order valence-electron chi connectivity index (χ0n) is 13.9. The van der Waals surface area contributed by atoms with Gasteiger partial charge in [0.1, 0.15) is 5.52 Å². The van der Waals surface area contributed by atoms with E-state index >= 15 is 0 Å². The van der Waals surface area contributed by atoms with E-state index in [9.17, 15) is 4.79 Å². The van der Waals surface area contributed by atoms with Crippen LogP contribution in [0.4, 0.5) is 11.4 Å². The third-order valence-corrected chi connectivity index (χ3v) is 4.57. The van der Waals surface area contributed by atoms with E-state index in [2.05, 4.69) is 10.4 Å². The van der Waals surface area contributed by atoms with Gasteiger partial charge in [-0.25, -0.2) is 0 Å². The Morgan fingerprint density at radius 2 is 2.04 bits per heavy atom. The molecule has 124 valence electrons. The molecule has 1 saturated carbocycles. The fourth-order valence-corrected chi connectivity index (χ4v) is 3.06. The largest absolute Gasteiger partial charge is 0.399 e. The molecule has 0 amide bonds. The zero-order chi connectivity index (χ0) is 16.8. The molecule has 4 rings (SSSR count). The topological polar surface area (TPSA) is 77.9 Å². The fourth-order valence-electron chi connectivity index (χ4n) is 3.06. The first kappa shape index (κ1) is 14.8. The minimum absolute atomic E-state index is 0.0433. The van der Waals surface area contributed by atoms with Gasteiger partial charge in [0.25, 0.3) is 5.56 Å². The summed E-state index contributed by atoms with van der Waals surface area (Å²) in [4.78, 5) is 12.4. The van der Waals surface area contributed by atoms with E-state index in [4.69, 9.17) is 5.73 Å². The molecular weight excluding hydrogens is 302 g/mol. The number of aromatic nitrogens is 3. The van der Waals surface area contributed by atoms with Gasteiger partial charge >= 0.3 is 0 Å². The van der Waals surface area contributed by atoms with Gasteiger partial charge in [0.05, 0.1) is 5.39 Å². The normalized spacial score (nSPS) is 14.2. The average Bonchev–Trinajstić information content (AvgIpc) is 3.30. The van der Waals surface area contributed by atoms with Gasteiger partial charge in [-0.15, -0.1) is 0 Å². The Morgan fingerprint density at radius 3 is 2.79 bits per heavy atom. The summed E-state index contributed by atoms with van der Waals surface area (Å²) in [5, 5.41) is 8.65. The number of nitrogens with zero attached hydrogens (tertiary/aromatic N) is 3. The Kier molecular flexibility index (Phi) is 3.33. The molecule has 2 heterocycles. The van der Waals surface area contributed by atoms with Crippen molar-refractivity contribution in [3.05, 3.63) is 40.9 Å². The number of pyridine rings is 1. The van der Waals surface area contributed by atoms with Crippen LogP contribution < -0.4 is 16.6 Å². The summed E-state index contributed by atoms with van der Waals surface area (Å²) in [6.45, 7) is 0.966. The summed E-state index contributed by atoms with van der Waals surface area (Å²) in [6, 6.07) is 5.85. The maximum absolute atomic E-state index is 12.4. The van der Waals surface area contributed by atoms with Crippen LogP contribution in [-0.2, 0) is 14.1 Å². The Balaban J connectivity index is 1.91. The Labute approximate surface area is 139 Å². The first-order valence-corrected chi connectivity index (χ1v) is 8.19. The Bertz CT molecular complexity index is 981. The van der Waals surface area contributed by atoms with Gasteiger partial charge in [-0.3, -0.25) is 9.48 Å². The summed E-state index contributed by atoms with van der Waals surface area (Å²) in [5.74, 6) is 0.769. The molecule has 0 spiro atoms. The summed E-state index contributed by atoms with van der Waals surface area (Å²) >= 11 is 0. The van der Waals surface area contributed by atoms with E-state index in [0.29, 0.717) is 16.6 Å². The van der Waals surface area contributed by atoms with Crippen LogP contribution in [0.5, 0.6) is 0 Å². The van der Waals surface area contributed by atoms with E-state index in [1.54, 1.807) is 22.5 Å². The monoisotopic (exact) mass is 323 g/mol. The van der Waals surface area contributed by atoms with Crippen LogP contribution in [0, 0.1) is 5.92 Å². The number of hydrogen-bond acceptors (Lipinski definition) is 4. The van der Waals surface area contributed by atoms with Crippen molar-refractivity contribution in [1.82, 2.24) is 14.3 Å². The molecule has 0 saturated heterocycles. The van der Waals surface area contributed by atoms with E-state index in [1.807, 2.05) is 31.4 Å². The number of nitrogens with one attached hydrogen (secondary N) is 1. The first-order chi connectivity index (χ1) is 11.5. The van der Waals surface area contributed by atoms with Gasteiger partial charge in [-0.2, -0.15) is 5.10 Å². The van der Waals surface area contributed by atoms with Crippen molar-refractivity contribution in [3.8, 4) is 11.1 Å². The number of fused-ring (bicyclic) bond motifs is 1. The van der Waals surface area contributed by atoms with Crippen molar-refractivity contribution in [2.24, 2.45) is 20.0 Å². The van der Waals surface area contributed by atoms with E-state index < -0.39 is 0 Å². The van der Waals surface area contributed by atoms with Gasteiger partial charge in [0, 0.05) is 55.5 Å². The molecule has 6 nitrogen and oxygen atoms in total. The Morgan fingerprint density at radius 1 is 1.25 bits per heavy atom. The molecule has 0 aliphatic heterocycles. The number of hydrogen-bond donors (Lipinski definition) is 2. The molecule has 2 aromatic heterocycles. The molecule has 6 heteroatoms. The van der Waals surface area contributed by atoms with Crippen LogP contribution in [0.15, 0.2) is 35.4 Å². The molecule has 1 aliphatic carbocycles. The highest BCUT2D eigenvalue weighted by molar-refractivity contribution is 5.96. The lowest BCUT2D eigenvalue weighted by Crippen LogP contribution is -2.16. The number of nitrogens with two attached hydrogens (primary N) is 1. The fraction of sp³-hybridized carbons (Fsp3) is 0.333. The van der Waals surface area contributed by atoms with E-state index in [-0.39, 0.29) is 5.56 Å². The quantitative estimate of drug-likeness (QED) is 0.723. The van der Waals surface area contributed by atoms with Crippen LogP contribution in [0.25, 0.3) is 22.0 Å². The SMILES string of the molecule is Cn1cc2c(=O)n(C)cc(-c3cc(N)ccc3NCC3CC3)c2n1. The van der Waals surface area contributed by atoms with Crippen LogP contribution in [0.1, 0.15) is 12.8 Å². The molecule has 1 aromatic carbocycles. The Hall–Kier alpha value is -2.76. The highest BCUT2D eigenvalue weighted by Gasteiger charge is 2.22. The molecule has 0 bridgehead atoms. The number of anilines is 2. The zero-order valence-corrected chi connectivity index (χ0v) is 13.9. The maximum Gasteiger partial charge on any atom is 0.261 e. The summed E-state index contributed by atoms with van der Waals surface area (Å²) in [5.41, 5.74) is 10.3. The first-order valence-electron chi connectivity index (χ1n) is 8.19. The molecule has 3 aromatic rings. The lowest BCUT2D eigenvalue weighted by molar-refractivity contribution is 0.780. The molecule has 3 N–H and O–H groups in total. The van der Waals surface area contributed by atoms with Gasteiger partial charge in [0.15, 0.2) is 0 Å². The van der Waals surface area contributed by atoms with Gasteiger partial charge in [-0.05, 0) is 37.0 Å². The van der Waals surface area contributed by atoms with Crippen molar-refractivity contribution in [2.45, 2.75) is 12.8 Å². The van der Waals surface area contributed by atoms with E-state index in [0.717, 1.165) is 29.3 Å². The number of rotatable bonds is 4. The number of nitrogen functional groups attached to an aromatic ring is 1. The second-order valence-corrected chi connectivity index (χ2v) is 6.65. The molecular formula is C18H21N5O. The molecule has 1 aliphatic rings. The second kappa shape index (κ2) is 5.40. The molecule has 0 radical (unpaired) electrons. The standard InChI is InChI=1S/C18H21N5O/c1-22-9-14(17-15(18(22)24)10-23(2)21-17)13-7-12(19)5-6-16(13)20-8-11-3-4-11/h5-7,9-11,20H,3-4,8,19H2,1-2H3. The van der Waals surface area contributed by atoms with Crippen LogP contribution >= 0.6 is 0 Å². The van der Waals surface area contributed by atoms with Crippen molar-refractivity contribution in [2.75, 3.05) is 17.6 Å². The highest BCUT2D eigenvalue weighted by atomic mass is 16.1. The van der Waals surface area contributed by atoms with Crippen molar-refractivity contribution < 1.29 is 0 Å². The van der Waals surface area contributed by atoms with E-state index in [1.165, 1.54) is 12.8 Å². The predicted octanol–water partition coefficient (Wildman–Crippen LogP) is 2.34. The average molecular weight is 323 g/mol. The molecule has 0 atom stereocenters. The van der Waals surface area contributed by atoms with Gasteiger partial charge < -0.3 is 15.6 Å². The minimum Gasteiger partial charge on any atom is -0.399 e. The summed E-state index contributed by atoms with van der Waals surface area (Å²) in [7, 11) is 3.59. The van der Waals surface area contributed by atoms with Crippen molar-refractivity contribution in [3.63, 3.8) is 0 Å². The van der Waals surface area contributed by atoms with Crippen LogP contribution in [0.3, 0.4) is 0 Å². The lowest BCUT2D eigenvalue weighted by Gasteiger charge is -2.14. The lowest BCUT2D eigenvalue weighted by atomic mass is 10.0.